The monoisotopic (exact) mass is 306 g/mol. The third-order valence-electron chi connectivity index (χ3n) is 3.11. The van der Waals surface area contributed by atoms with Crippen LogP contribution in [0, 0.1) is 0 Å². The zero-order valence-electron chi connectivity index (χ0n) is 11.1. The van der Waals surface area contributed by atoms with Gasteiger partial charge < -0.3 is 15.2 Å². The molecule has 0 aromatic heterocycles. The molecule has 1 aliphatic heterocycles. The Hall–Kier alpha value is -2.25. The number of nitrogens with one attached hydrogen (secondary N) is 1. The molecule has 0 bridgehead atoms. The summed E-state index contributed by atoms with van der Waals surface area (Å²) in [7, 11) is -3.70. The van der Waals surface area contributed by atoms with Crippen molar-refractivity contribution >= 4 is 15.7 Å². The molecule has 1 heterocycles. The Kier molecular flexibility index (Phi) is 3.44. The van der Waals surface area contributed by atoms with Gasteiger partial charge in [0.15, 0.2) is 11.5 Å². The number of benzene rings is 2. The SMILES string of the molecule is NCc1ccccc1S(=O)(=O)Nc1ccc2c(c1)OCO2. The molecule has 0 radical (unpaired) electrons. The smallest absolute Gasteiger partial charge is 0.262 e. The molecule has 1 aliphatic rings. The molecule has 0 fully saturated rings. The molecule has 0 amide bonds. The lowest BCUT2D eigenvalue weighted by Crippen LogP contribution is -2.16. The summed E-state index contributed by atoms with van der Waals surface area (Å²) >= 11 is 0. The zero-order valence-corrected chi connectivity index (χ0v) is 11.9. The number of hydrogen-bond donors (Lipinski definition) is 2. The number of nitrogens with two attached hydrogens (primary N) is 1. The highest BCUT2D eigenvalue weighted by atomic mass is 32.2. The standard InChI is InChI=1S/C14H14N2O4S/c15-8-10-3-1-2-4-14(10)21(17,18)16-11-5-6-12-13(7-11)20-9-19-12/h1-7,16H,8-9,15H2. The van der Waals surface area contributed by atoms with E-state index >= 15 is 0 Å². The minimum atomic E-state index is -3.70. The maximum Gasteiger partial charge on any atom is 0.262 e. The molecule has 0 saturated heterocycles. The molecule has 2 aromatic carbocycles. The first-order valence-electron chi connectivity index (χ1n) is 6.30. The molecule has 3 rings (SSSR count). The Morgan fingerprint density at radius 1 is 1.10 bits per heavy atom. The Labute approximate surface area is 122 Å². The Morgan fingerprint density at radius 2 is 1.86 bits per heavy atom. The summed E-state index contributed by atoms with van der Waals surface area (Å²) in [6, 6.07) is 11.5. The first kappa shape index (κ1) is 13.7. The van der Waals surface area contributed by atoms with Crippen LogP contribution in [0.1, 0.15) is 5.56 Å². The number of hydrogen-bond acceptors (Lipinski definition) is 5. The Morgan fingerprint density at radius 3 is 2.67 bits per heavy atom. The summed E-state index contributed by atoms with van der Waals surface area (Å²) in [6.45, 7) is 0.291. The van der Waals surface area contributed by atoms with Crippen molar-refractivity contribution in [3.63, 3.8) is 0 Å². The minimum absolute atomic E-state index is 0.140. The van der Waals surface area contributed by atoms with Crippen LogP contribution in [0.25, 0.3) is 0 Å². The quantitative estimate of drug-likeness (QED) is 0.896. The van der Waals surface area contributed by atoms with Crippen LogP contribution in [0.5, 0.6) is 11.5 Å². The average Bonchev–Trinajstić information content (AvgIpc) is 2.94. The summed E-state index contributed by atoms with van der Waals surface area (Å²) in [6.07, 6.45) is 0. The Bertz CT molecular complexity index is 774. The van der Waals surface area contributed by atoms with Crippen LogP contribution in [0.4, 0.5) is 5.69 Å². The molecule has 6 nitrogen and oxygen atoms in total. The fraction of sp³-hybridized carbons (Fsp3) is 0.143. The van der Waals surface area contributed by atoms with Crippen LogP contribution >= 0.6 is 0 Å². The number of sulfonamides is 1. The summed E-state index contributed by atoms with van der Waals surface area (Å²) in [5.74, 6) is 1.11. The van der Waals surface area contributed by atoms with Crippen molar-refractivity contribution in [3.8, 4) is 11.5 Å². The summed E-state index contributed by atoms with van der Waals surface area (Å²) < 4.78 is 37.8. The predicted octanol–water partition coefficient (Wildman–Crippen LogP) is 1.67. The van der Waals surface area contributed by atoms with Crippen molar-refractivity contribution < 1.29 is 17.9 Å². The second-order valence-corrected chi connectivity index (χ2v) is 6.14. The molecule has 21 heavy (non-hydrogen) atoms. The van der Waals surface area contributed by atoms with E-state index in [0.717, 1.165) is 0 Å². The van der Waals surface area contributed by atoms with Gasteiger partial charge in [0.2, 0.25) is 6.79 Å². The minimum Gasteiger partial charge on any atom is -0.454 e. The van der Waals surface area contributed by atoms with E-state index in [2.05, 4.69) is 4.72 Å². The van der Waals surface area contributed by atoms with Crippen LogP contribution in [0.3, 0.4) is 0 Å². The van der Waals surface area contributed by atoms with Crippen LogP contribution in [0.2, 0.25) is 0 Å². The zero-order chi connectivity index (χ0) is 14.9. The summed E-state index contributed by atoms with van der Waals surface area (Å²) in [4.78, 5) is 0.171. The van der Waals surface area contributed by atoms with Gasteiger partial charge in [-0.1, -0.05) is 18.2 Å². The van der Waals surface area contributed by atoms with Gasteiger partial charge in [-0.3, -0.25) is 4.72 Å². The lowest BCUT2D eigenvalue weighted by molar-refractivity contribution is 0.174. The van der Waals surface area contributed by atoms with Crippen molar-refractivity contribution in [3.05, 3.63) is 48.0 Å². The normalized spacial score (nSPS) is 13.2. The fourth-order valence-corrected chi connectivity index (χ4v) is 3.41. The molecule has 0 atom stereocenters. The Balaban J connectivity index is 1.93. The van der Waals surface area contributed by atoms with Crippen molar-refractivity contribution in [1.82, 2.24) is 0 Å². The van der Waals surface area contributed by atoms with Gasteiger partial charge in [0, 0.05) is 12.6 Å². The molecule has 2 aromatic rings. The molecular formula is C14H14N2O4S. The maximum atomic E-state index is 12.4. The number of ether oxygens (including phenoxy) is 2. The maximum absolute atomic E-state index is 12.4. The van der Waals surface area contributed by atoms with Gasteiger partial charge in [-0.15, -0.1) is 0 Å². The van der Waals surface area contributed by atoms with Crippen LogP contribution < -0.4 is 19.9 Å². The van der Waals surface area contributed by atoms with E-state index in [-0.39, 0.29) is 18.2 Å². The van der Waals surface area contributed by atoms with Crippen molar-refractivity contribution in [1.29, 1.82) is 0 Å². The second-order valence-electron chi connectivity index (χ2n) is 4.49. The van der Waals surface area contributed by atoms with E-state index in [9.17, 15) is 8.42 Å². The number of anilines is 1. The summed E-state index contributed by atoms with van der Waals surface area (Å²) in [5.41, 5.74) is 6.56. The molecular weight excluding hydrogens is 292 g/mol. The average molecular weight is 306 g/mol. The second kappa shape index (κ2) is 5.27. The molecule has 7 heteroatoms. The predicted molar refractivity (Wildman–Crippen MR) is 77.7 cm³/mol. The van der Waals surface area contributed by atoms with Gasteiger partial charge in [0.05, 0.1) is 10.6 Å². The van der Waals surface area contributed by atoms with Gasteiger partial charge >= 0.3 is 0 Å². The highest BCUT2D eigenvalue weighted by molar-refractivity contribution is 7.92. The molecule has 110 valence electrons. The van der Waals surface area contributed by atoms with Crippen molar-refractivity contribution in [2.24, 2.45) is 5.73 Å². The topological polar surface area (TPSA) is 90.7 Å². The highest BCUT2D eigenvalue weighted by Gasteiger charge is 2.19. The highest BCUT2D eigenvalue weighted by Crippen LogP contribution is 2.34. The van der Waals surface area contributed by atoms with E-state index in [4.69, 9.17) is 15.2 Å². The van der Waals surface area contributed by atoms with E-state index in [1.807, 2.05) is 0 Å². The molecule has 3 N–H and O–H groups in total. The van der Waals surface area contributed by atoms with Crippen LogP contribution in [-0.2, 0) is 16.6 Å². The van der Waals surface area contributed by atoms with Crippen molar-refractivity contribution in [2.75, 3.05) is 11.5 Å². The molecule has 0 unspecified atom stereocenters. The molecule has 0 spiro atoms. The van der Waals surface area contributed by atoms with Gasteiger partial charge in [0.25, 0.3) is 10.0 Å². The first-order chi connectivity index (χ1) is 10.1. The third-order valence-corrected chi connectivity index (χ3v) is 4.59. The lowest BCUT2D eigenvalue weighted by Gasteiger charge is -2.11. The fourth-order valence-electron chi connectivity index (χ4n) is 2.10. The van der Waals surface area contributed by atoms with E-state index in [1.165, 1.54) is 6.07 Å². The first-order valence-corrected chi connectivity index (χ1v) is 7.79. The van der Waals surface area contributed by atoms with Gasteiger partial charge in [-0.2, -0.15) is 0 Å². The van der Waals surface area contributed by atoms with E-state index < -0.39 is 10.0 Å². The summed E-state index contributed by atoms with van der Waals surface area (Å²) in [5, 5.41) is 0. The van der Waals surface area contributed by atoms with Crippen molar-refractivity contribution in [2.45, 2.75) is 11.4 Å². The van der Waals surface area contributed by atoms with E-state index in [1.54, 1.807) is 36.4 Å². The molecule has 0 aliphatic carbocycles. The number of rotatable bonds is 4. The largest absolute Gasteiger partial charge is 0.454 e. The van der Waals surface area contributed by atoms with Crippen LogP contribution in [-0.4, -0.2) is 15.2 Å². The van der Waals surface area contributed by atoms with Gasteiger partial charge in [-0.05, 0) is 23.8 Å². The lowest BCUT2D eigenvalue weighted by atomic mass is 10.2. The van der Waals surface area contributed by atoms with E-state index in [0.29, 0.717) is 22.7 Å². The number of fused-ring (bicyclic) bond motifs is 1. The van der Waals surface area contributed by atoms with Gasteiger partial charge in [-0.25, -0.2) is 8.42 Å². The van der Waals surface area contributed by atoms with Crippen LogP contribution in [0.15, 0.2) is 47.4 Å². The molecule has 0 saturated carbocycles. The third kappa shape index (κ3) is 2.65. The van der Waals surface area contributed by atoms with Gasteiger partial charge in [0.1, 0.15) is 0 Å².